The van der Waals surface area contributed by atoms with Crippen molar-refractivity contribution in [3.05, 3.63) is 28.8 Å². The highest BCUT2D eigenvalue weighted by Gasteiger charge is 2.27. The van der Waals surface area contributed by atoms with E-state index in [4.69, 9.17) is 4.74 Å². The summed E-state index contributed by atoms with van der Waals surface area (Å²) in [5.41, 5.74) is 2.27. The number of thiol groups is 1. The summed E-state index contributed by atoms with van der Waals surface area (Å²) >= 11 is 4.45. The van der Waals surface area contributed by atoms with Crippen LogP contribution >= 0.6 is 12.6 Å². The van der Waals surface area contributed by atoms with Crippen molar-refractivity contribution in [2.45, 2.75) is 116 Å². The summed E-state index contributed by atoms with van der Waals surface area (Å²) in [7, 11) is 0. The first-order chi connectivity index (χ1) is 13.4. The maximum atomic E-state index is 12.4. The highest BCUT2D eigenvalue weighted by molar-refractivity contribution is 7.81. The Balaban J connectivity index is 2.74. The number of aromatic hydroxyl groups is 1. The molecule has 0 amide bonds. The summed E-state index contributed by atoms with van der Waals surface area (Å²) in [6.45, 7) is 14.9. The number of carbonyl (C=O) groups is 1. The van der Waals surface area contributed by atoms with Crippen LogP contribution < -0.4 is 0 Å². The molecule has 0 fully saturated rings. The van der Waals surface area contributed by atoms with Crippen LogP contribution in [0.4, 0.5) is 0 Å². The van der Waals surface area contributed by atoms with Crippen molar-refractivity contribution >= 4 is 18.6 Å². The van der Waals surface area contributed by atoms with Gasteiger partial charge in [-0.15, -0.1) is 0 Å². The number of esters is 1. The molecule has 1 N–H and O–H groups in total. The number of ether oxygens (including phenoxy) is 1. The van der Waals surface area contributed by atoms with Crippen molar-refractivity contribution in [1.82, 2.24) is 0 Å². The van der Waals surface area contributed by atoms with E-state index in [9.17, 15) is 9.90 Å². The van der Waals surface area contributed by atoms with Crippen LogP contribution in [0.2, 0.25) is 0 Å². The van der Waals surface area contributed by atoms with Gasteiger partial charge in [-0.05, 0) is 46.1 Å². The first-order valence-electron chi connectivity index (χ1n) is 11.1. The van der Waals surface area contributed by atoms with Gasteiger partial charge in [0.15, 0.2) is 0 Å². The summed E-state index contributed by atoms with van der Waals surface area (Å²) < 4.78 is 5.56. The molecule has 1 unspecified atom stereocenters. The number of phenols is 1. The van der Waals surface area contributed by atoms with Crippen molar-refractivity contribution in [3.63, 3.8) is 0 Å². The summed E-state index contributed by atoms with van der Waals surface area (Å²) in [5, 5.41) is 10.4. The van der Waals surface area contributed by atoms with Gasteiger partial charge in [0.2, 0.25) is 0 Å². The van der Waals surface area contributed by atoms with Gasteiger partial charge in [-0.1, -0.05) is 87.0 Å². The molecule has 4 heteroatoms. The van der Waals surface area contributed by atoms with E-state index in [1.54, 1.807) is 0 Å². The van der Waals surface area contributed by atoms with Crippen molar-refractivity contribution in [2.75, 3.05) is 0 Å². The van der Waals surface area contributed by atoms with Crippen LogP contribution in [0.15, 0.2) is 12.1 Å². The van der Waals surface area contributed by atoms with E-state index in [2.05, 4.69) is 61.1 Å². The fourth-order valence-electron chi connectivity index (χ4n) is 3.41. The Morgan fingerprint density at radius 1 is 0.966 bits per heavy atom. The second kappa shape index (κ2) is 11.3. The van der Waals surface area contributed by atoms with Crippen LogP contribution in [-0.2, 0) is 27.0 Å². The third-order valence-corrected chi connectivity index (χ3v) is 5.74. The van der Waals surface area contributed by atoms with Gasteiger partial charge in [-0.2, -0.15) is 12.6 Å². The van der Waals surface area contributed by atoms with Crippen molar-refractivity contribution in [1.29, 1.82) is 0 Å². The van der Waals surface area contributed by atoms with Gasteiger partial charge in [-0.25, -0.2) is 0 Å². The van der Waals surface area contributed by atoms with Gasteiger partial charge in [0.25, 0.3) is 0 Å². The molecule has 0 saturated heterocycles. The monoisotopic (exact) mass is 422 g/mol. The van der Waals surface area contributed by atoms with E-state index in [-0.39, 0.29) is 28.7 Å². The maximum absolute atomic E-state index is 12.4. The molecule has 0 spiro atoms. The first-order valence-corrected chi connectivity index (χ1v) is 11.6. The lowest BCUT2D eigenvalue weighted by atomic mass is 9.78. The lowest BCUT2D eigenvalue weighted by Crippen LogP contribution is -2.20. The number of hydrogen-bond acceptors (Lipinski definition) is 4. The number of rotatable bonds is 10. The van der Waals surface area contributed by atoms with Gasteiger partial charge in [0, 0.05) is 0 Å². The molecule has 1 rings (SSSR count). The fourth-order valence-corrected chi connectivity index (χ4v) is 3.66. The zero-order valence-electron chi connectivity index (χ0n) is 19.6. The highest BCUT2D eigenvalue weighted by atomic mass is 32.1. The normalized spacial score (nSPS) is 13.4. The van der Waals surface area contributed by atoms with Crippen LogP contribution in [0.25, 0.3) is 0 Å². The van der Waals surface area contributed by atoms with Crippen LogP contribution in [0.1, 0.15) is 110 Å². The van der Waals surface area contributed by atoms with E-state index < -0.39 is 0 Å². The Kier molecular flexibility index (Phi) is 10.1. The molecule has 1 atom stereocenters. The summed E-state index contributed by atoms with van der Waals surface area (Å²) in [6, 6.07) is 3.91. The molecule has 0 radical (unpaired) electrons. The lowest BCUT2D eigenvalue weighted by Gasteiger charge is -2.28. The summed E-state index contributed by atoms with van der Waals surface area (Å²) in [6.07, 6.45) is 7.93. The predicted octanol–water partition coefficient (Wildman–Crippen LogP) is 7.08. The SMILES string of the molecule is CCCCCCCCC(S)C(=O)OCc1cc(C(C)(C)C)c(O)c(C(C)(C)C)c1. The number of unbranched alkanes of at least 4 members (excludes halogenated alkanes) is 5. The number of carbonyl (C=O) groups excluding carboxylic acids is 1. The number of hydrogen-bond donors (Lipinski definition) is 2. The first kappa shape index (κ1) is 25.9. The Hall–Kier alpha value is -1.16. The molecule has 0 heterocycles. The Labute approximate surface area is 184 Å². The van der Waals surface area contributed by atoms with Crippen molar-refractivity contribution in [2.24, 2.45) is 0 Å². The van der Waals surface area contributed by atoms with E-state index in [0.29, 0.717) is 5.75 Å². The van der Waals surface area contributed by atoms with Crippen molar-refractivity contribution in [3.8, 4) is 5.75 Å². The fraction of sp³-hybridized carbons (Fsp3) is 0.720. The third kappa shape index (κ3) is 8.62. The van der Waals surface area contributed by atoms with E-state index in [1.807, 2.05) is 12.1 Å². The van der Waals surface area contributed by atoms with Gasteiger partial charge < -0.3 is 9.84 Å². The van der Waals surface area contributed by atoms with Gasteiger partial charge >= 0.3 is 5.97 Å². The standard InChI is InChI=1S/C25H42O3S/c1-8-9-10-11-12-13-14-21(29)23(27)28-17-18-15-19(24(2,3)4)22(26)20(16-18)25(5,6)7/h15-16,21,26,29H,8-14,17H2,1-7H3. The minimum absolute atomic E-state index is 0.200. The molecule has 29 heavy (non-hydrogen) atoms. The van der Waals surface area contributed by atoms with Crippen LogP contribution in [0.5, 0.6) is 5.75 Å². The second-order valence-electron chi connectivity index (χ2n) is 10.2. The molecule has 0 saturated carbocycles. The Morgan fingerprint density at radius 2 is 1.45 bits per heavy atom. The lowest BCUT2D eigenvalue weighted by molar-refractivity contribution is -0.144. The van der Waals surface area contributed by atoms with Gasteiger partial charge in [0.1, 0.15) is 12.4 Å². The number of phenolic OH excluding ortho intramolecular Hbond substituents is 1. The molecule has 0 aromatic heterocycles. The van der Waals surface area contributed by atoms with Crippen LogP contribution in [-0.4, -0.2) is 16.3 Å². The predicted molar refractivity (Wildman–Crippen MR) is 126 cm³/mol. The van der Waals surface area contributed by atoms with E-state index >= 15 is 0 Å². The average molecular weight is 423 g/mol. The minimum atomic E-state index is -0.373. The highest BCUT2D eigenvalue weighted by Crippen LogP contribution is 2.39. The largest absolute Gasteiger partial charge is 0.507 e. The summed E-state index contributed by atoms with van der Waals surface area (Å²) in [5.74, 6) is 0.0832. The van der Waals surface area contributed by atoms with Crippen molar-refractivity contribution < 1.29 is 14.6 Å². The zero-order chi connectivity index (χ0) is 22.2. The molecule has 0 aliphatic rings. The number of benzene rings is 1. The van der Waals surface area contributed by atoms with Crippen LogP contribution in [0.3, 0.4) is 0 Å². The molecule has 0 aliphatic heterocycles. The molecular formula is C25H42O3S. The quantitative estimate of drug-likeness (QED) is 0.240. The topological polar surface area (TPSA) is 46.5 Å². The molecule has 1 aromatic carbocycles. The van der Waals surface area contributed by atoms with Gasteiger partial charge in [0.05, 0.1) is 5.25 Å². The van der Waals surface area contributed by atoms with E-state index in [1.165, 1.54) is 25.7 Å². The zero-order valence-corrected chi connectivity index (χ0v) is 20.5. The Bertz CT molecular complexity index is 618. The average Bonchev–Trinajstić information content (AvgIpc) is 2.61. The Morgan fingerprint density at radius 3 is 1.93 bits per heavy atom. The summed E-state index contributed by atoms with van der Waals surface area (Å²) in [4.78, 5) is 12.4. The van der Waals surface area contributed by atoms with Crippen LogP contribution in [0, 0.1) is 0 Å². The minimum Gasteiger partial charge on any atom is -0.507 e. The second-order valence-corrected chi connectivity index (χ2v) is 10.8. The van der Waals surface area contributed by atoms with E-state index in [0.717, 1.165) is 36.0 Å². The van der Waals surface area contributed by atoms with Gasteiger partial charge in [-0.3, -0.25) is 4.79 Å². The molecule has 1 aromatic rings. The molecule has 0 bridgehead atoms. The maximum Gasteiger partial charge on any atom is 0.319 e. The smallest absolute Gasteiger partial charge is 0.319 e. The molecule has 3 nitrogen and oxygen atoms in total. The molecular weight excluding hydrogens is 380 g/mol. The molecule has 0 aliphatic carbocycles. The molecule has 166 valence electrons. The third-order valence-electron chi connectivity index (χ3n) is 5.27.